The summed E-state index contributed by atoms with van der Waals surface area (Å²) in [5.41, 5.74) is 1.93. The van der Waals surface area contributed by atoms with E-state index in [1.165, 1.54) is 6.07 Å². The number of halogens is 3. The molecule has 2 heterocycles. The highest BCUT2D eigenvalue weighted by Gasteiger charge is 2.33. The van der Waals surface area contributed by atoms with E-state index >= 15 is 0 Å². The van der Waals surface area contributed by atoms with Gasteiger partial charge in [0.1, 0.15) is 5.82 Å². The molecule has 1 amide bonds. The Morgan fingerprint density at radius 1 is 1.00 bits per heavy atom. The third kappa shape index (κ3) is 5.70. The van der Waals surface area contributed by atoms with Gasteiger partial charge in [0.15, 0.2) is 0 Å². The Hall–Kier alpha value is -3.39. The Bertz CT molecular complexity index is 1110. The Kier molecular flexibility index (Phi) is 6.65. The van der Waals surface area contributed by atoms with Gasteiger partial charge in [-0.2, -0.15) is 13.2 Å². The molecule has 0 unspecified atom stereocenters. The van der Waals surface area contributed by atoms with Crippen molar-refractivity contribution >= 4 is 17.4 Å². The van der Waals surface area contributed by atoms with Gasteiger partial charge in [-0.15, -0.1) is 0 Å². The highest BCUT2D eigenvalue weighted by molar-refractivity contribution is 6.04. The highest BCUT2D eigenvalue weighted by Crippen LogP contribution is 2.32. The summed E-state index contributed by atoms with van der Waals surface area (Å²) >= 11 is 0. The maximum absolute atomic E-state index is 13.3. The molecule has 33 heavy (non-hydrogen) atoms. The molecule has 3 aromatic rings. The molecule has 0 spiro atoms. The molecule has 0 aliphatic carbocycles. The van der Waals surface area contributed by atoms with E-state index in [1.807, 2.05) is 42.2 Å². The lowest BCUT2D eigenvalue weighted by Gasteiger charge is -2.35. The first-order chi connectivity index (χ1) is 15.8. The lowest BCUT2D eigenvalue weighted by atomic mass is 10.1. The summed E-state index contributed by atoms with van der Waals surface area (Å²) in [6.07, 6.45) is -2.73. The molecule has 5 nitrogen and oxygen atoms in total. The zero-order valence-corrected chi connectivity index (χ0v) is 18.3. The highest BCUT2D eigenvalue weighted by atomic mass is 19.4. The predicted octanol–water partition coefficient (Wildman–Crippen LogP) is 4.98. The number of amides is 1. The summed E-state index contributed by atoms with van der Waals surface area (Å²) in [7, 11) is 0. The number of rotatable bonds is 5. The molecule has 1 fully saturated rings. The van der Waals surface area contributed by atoms with Crippen LogP contribution in [0.5, 0.6) is 0 Å². The minimum atomic E-state index is -4.35. The summed E-state index contributed by atoms with van der Waals surface area (Å²) < 4.78 is 39.8. The van der Waals surface area contributed by atoms with Crippen molar-refractivity contribution in [1.82, 2.24) is 9.88 Å². The summed E-state index contributed by atoms with van der Waals surface area (Å²) in [6.45, 7) is 4.80. The first-order valence-electron chi connectivity index (χ1n) is 10.8. The molecule has 1 saturated heterocycles. The largest absolute Gasteiger partial charge is 0.416 e. The van der Waals surface area contributed by atoms with Gasteiger partial charge in [0.25, 0.3) is 5.91 Å². The first kappa shape index (κ1) is 22.8. The van der Waals surface area contributed by atoms with Crippen LogP contribution in [0, 0.1) is 6.92 Å². The smallest absolute Gasteiger partial charge is 0.354 e. The molecule has 1 aliphatic heterocycles. The van der Waals surface area contributed by atoms with Gasteiger partial charge < -0.3 is 10.2 Å². The Balaban J connectivity index is 1.33. The van der Waals surface area contributed by atoms with Crippen molar-refractivity contribution < 1.29 is 18.0 Å². The van der Waals surface area contributed by atoms with E-state index in [9.17, 15) is 18.0 Å². The van der Waals surface area contributed by atoms with Crippen LogP contribution in [0.2, 0.25) is 0 Å². The van der Waals surface area contributed by atoms with Gasteiger partial charge >= 0.3 is 6.18 Å². The molecule has 1 aliphatic rings. The molecular weight excluding hydrogens is 429 g/mol. The van der Waals surface area contributed by atoms with Crippen molar-refractivity contribution in [2.24, 2.45) is 0 Å². The van der Waals surface area contributed by atoms with E-state index in [1.54, 1.807) is 24.4 Å². The molecule has 0 atom stereocenters. The maximum Gasteiger partial charge on any atom is 0.416 e. The van der Waals surface area contributed by atoms with Crippen LogP contribution in [0.3, 0.4) is 0 Å². The van der Waals surface area contributed by atoms with Gasteiger partial charge in [-0.3, -0.25) is 9.69 Å². The van der Waals surface area contributed by atoms with E-state index in [4.69, 9.17) is 0 Å². The van der Waals surface area contributed by atoms with Crippen molar-refractivity contribution in [3.63, 3.8) is 0 Å². The number of piperazine rings is 1. The van der Waals surface area contributed by atoms with Crippen LogP contribution < -0.4 is 10.2 Å². The van der Waals surface area contributed by atoms with Crippen LogP contribution in [-0.4, -0.2) is 42.0 Å². The molecular formula is C25H25F3N4O. The number of pyridine rings is 1. The molecule has 0 radical (unpaired) electrons. The third-order valence-electron chi connectivity index (χ3n) is 5.70. The number of nitrogens with one attached hydrogen (secondary N) is 1. The van der Waals surface area contributed by atoms with Gasteiger partial charge in [0.05, 0.1) is 17.4 Å². The SMILES string of the molecule is Cc1cccc(C(=O)Nc2ccc(N3CCN(Cc4ccccc4C(F)(F)F)CC3)nc2)c1. The topological polar surface area (TPSA) is 48.5 Å². The first-order valence-corrected chi connectivity index (χ1v) is 10.8. The van der Waals surface area contributed by atoms with Gasteiger partial charge in [-0.05, 0) is 42.8 Å². The second-order valence-electron chi connectivity index (χ2n) is 8.15. The van der Waals surface area contributed by atoms with Crippen LogP contribution >= 0.6 is 0 Å². The van der Waals surface area contributed by atoms with E-state index in [2.05, 4.69) is 15.2 Å². The fourth-order valence-electron chi connectivity index (χ4n) is 3.95. The second-order valence-corrected chi connectivity index (χ2v) is 8.15. The third-order valence-corrected chi connectivity index (χ3v) is 5.70. The lowest BCUT2D eigenvalue weighted by Crippen LogP contribution is -2.46. The molecule has 8 heteroatoms. The number of alkyl halides is 3. The summed E-state index contributed by atoms with van der Waals surface area (Å²) in [6, 6.07) is 16.8. The fraction of sp³-hybridized carbons (Fsp3) is 0.280. The van der Waals surface area contributed by atoms with Crippen LogP contribution in [0.25, 0.3) is 0 Å². The monoisotopic (exact) mass is 454 g/mol. The predicted molar refractivity (Wildman–Crippen MR) is 122 cm³/mol. The zero-order valence-electron chi connectivity index (χ0n) is 18.3. The standard InChI is InChI=1S/C25H25F3N4O/c1-18-5-4-7-19(15-18)24(33)30-21-9-10-23(29-16-21)32-13-11-31(12-14-32)17-20-6-2-3-8-22(20)25(26,27)28/h2-10,15-16H,11-14,17H2,1H3,(H,30,33). The lowest BCUT2D eigenvalue weighted by molar-refractivity contribution is -0.138. The van der Waals surface area contributed by atoms with Crippen LogP contribution in [-0.2, 0) is 12.7 Å². The zero-order chi connectivity index (χ0) is 23.4. The second kappa shape index (κ2) is 9.62. The fourth-order valence-corrected chi connectivity index (χ4v) is 3.95. The Morgan fingerprint density at radius 2 is 1.76 bits per heavy atom. The minimum absolute atomic E-state index is 0.194. The molecule has 4 rings (SSSR count). The van der Waals surface area contributed by atoms with Crippen LogP contribution in [0.4, 0.5) is 24.7 Å². The summed E-state index contributed by atoms with van der Waals surface area (Å²) in [4.78, 5) is 21.0. The average molecular weight is 454 g/mol. The number of nitrogens with zero attached hydrogens (tertiary/aromatic N) is 3. The molecule has 0 saturated carbocycles. The molecule has 172 valence electrons. The Morgan fingerprint density at radius 3 is 2.42 bits per heavy atom. The van der Waals surface area contributed by atoms with E-state index in [0.29, 0.717) is 43.0 Å². The molecule has 1 N–H and O–H groups in total. The number of hydrogen-bond acceptors (Lipinski definition) is 4. The normalized spacial score (nSPS) is 14.8. The minimum Gasteiger partial charge on any atom is -0.354 e. The number of aryl methyl sites for hydroxylation is 1. The van der Waals surface area contributed by atoms with E-state index in [-0.39, 0.29) is 12.5 Å². The van der Waals surface area contributed by atoms with Gasteiger partial charge in [-0.25, -0.2) is 4.98 Å². The number of carbonyl (C=O) groups excluding carboxylic acids is 1. The number of benzene rings is 2. The average Bonchev–Trinajstić information content (AvgIpc) is 2.80. The van der Waals surface area contributed by atoms with Crippen molar-refractivity contribution in [2.75, 3.05) is 36.4 Å². The van der Waals surface area contributed by atoms with E-state index < -0.39 is 11.7 Å². The van der Waals surface area contributed by atoms with Crippen molar-refractivity contribution in [3.8, 4) is 0 Å². The molecule has 2 aromatic carbocycles. The van der Waals surface area contributed by atoms with Crippen molar-refractivity contribution in [3.05, 3.63) is 89.1 Å². The number of carbonyl (C=O) groups is 1. The number of aromatic nitrogens is 1. The van der Waals surface area contributed by atoms with Gasteiger partial charge in [0.2, 0.25) is 0 Å². The maximum atomic E-state index is 13.3. The van der Waals surface area contributed by atoms with Crippen LogP contribution in [0.15, 0.2) is 66.9 Å². The quantitative estimate of drug-likeness (QED) is 0.591. The summed E-state index contributed by atoms with van der Waals surface area (Å²) in [5.74, 6) is 0.583. The molecule has 0 bridgehead atoms. The molecule has 1 aromatic heterocycles. The van der Waals surface area contributed by atoms with Crippen molar-refractivity contribution in [2.45, 2.75) is 19.6 Å². The number of anilines is 2. The van der Waals surface area contributed by atoms with E-state index in [0.717, 1.165) is 17.4 Å². The summed E-state index contributed by atoms with van der Waals surface area (Å²) in [5, 5.41) is 2.85. The Labute approximate surface area is 190 Å². The van der Waals surface area contributed by atoms with Crippen molar-refractivity contribution in [1.29, 1.82) is 0 Å². The van der Waals surface area contributed by atoms with Gasteiger partial charge in [-0.1, -0.05) is 35.9 Å². The number of hydrogen-bond donors (Lipinski definition) is 1. The van der Waals surface area contributed by atoms with Gasteiger partial charge in [0, 0.05) is 38.3 Å². The van der Waals surface area contributed by atoms with Crippen LogP contribution in [0.1, 0.15) is 27.0 Å².